The van der Waals surface area contributed by atoms with Crippen molar-refractivity contribution < 1.29 is 4.79 Å². The molecule has 3 N–H and O–H groups in total. The summed E-state index contributed by atoms with van der Waals surface area (Å²) < 4.78 is 0. The molecular weight excluding hydrogens is 462 g/mol. The van der Waals surface area contributed by atoms with E-state index in [1.54, 1.807) is 24.7 Å². The lowest BCUT2D eigenvalue weighted by Gasteiger charge is -2.44. The minimum absolute atomic E-state index is 0.0914. The van der Waals surface area contributed by atoms with Crippen molar-refractivity contribution in [2.75, 3.05) is 19.6 Å². The molecule has 0 radical (unpaired) electrons. The van der Waals surface area contributed by atoms with Crippen molar-refractivity contribution in [3.8, 4) is 6.07 Å². The lowest BCUT2D eigenvalue weighted by Crippen LogP contribution is -2.55. The summed E-state index contributed by atoms with van der Waals surface area (Å²) in [6.45, 7) is 1.99. The van der Waals surface area contributed by atoms with E-state index in [4.69, 9.17) is 10.7 Å². The second kappa shape index (κ2) is 9.00. The molecule has 3 aromatic rings. The predicted octanol–water partition coefficient (Wildman–Crippen LogP) is 4.13. The van der Waals surface area contributed by atoms with Gasteiger partial charge in [-0.1, -0.05) is 18.2 Å². The average Bonchev–Trinajstić information content (AvgIpc) is 3.52. The second-order valence-corrected chi connectivity index (χ2v) is 10.4. The standard InChI is InChI=1S/C29H29N7O/c30-16-21-6-11-32-18-23(21)29(7-3-8-29)35-27(37)36-13-10-28(19-36)9-12-33-26(28)15-24(31)22-14-20-4-1-2-5-25(20)34-17-22/h1-2,4-6,11,14-15,17-18H,3,7-10,12-13,19,31H2,(H,35,37). The van der Waals surface area contributed by atoms with Crippen LogP contribution in [0.3, 0.4) is 0 Å². The zero-order valence-electron chi connectivity index (χ0n) is 20.7. The zero-order chi connectivity index (χ0) is 25.5. The van der Waals surface area contributed by atoms with Crippen LogP contribution in [0.1, 0.15) is 48.8 Å². The average molecular weight is 492 g/mol. The highest BCUT2D eigenvalue weighted by atomic mass is 16.2. The largest absolute Gasteiger partial charge is 0.398 e. The maximum atomic E-state index is 13.5. The quantitative estimate of drug-likeness (QED) is 0.569. The number of hydrogen-bond acceptors (Lipinski definition) is 6. The van der Waals surface area contributed by atoms with Crippen molar-refractivity contribution in [2.45, 2.75) is 37.6 Å². The third-order valence-corrected chi connectivity index (χ3v) is 8.28. The number of benzene rings is 1. The van der Waals surface area contributed by atoms with Crippen LogP contribution in [0.4, 0.5) is 4.79 Å². The van der Waals surface area contributed by atoms with Crippen LogP contribution in [0.5, 0.6) is 0 Å². The summed E-state index contributed by atoms with van der Waals surface area (Å²) in [5.74, 6) is 0. The summed E-state index contributed by atoms with van der Waals surface area (Å²) in [7, 11) is 0. The van der Waals surface area contributed by atoms with Crippen LogP contribution in [0.15, 0.2) is 66.1 Å². The molecule has 1 saturated heterocycles. The molecule has 1 atom stereocenters. The van der Waals surface area contributed by atoms with Crippen LogP contribution in [0, 0.1) is 16.7 Å². The summed E-state index contributed by atoms with van der Waals surface area (Å²) >= 11 is 0. The van der Waals surface area contributed by atoms with Crippen molar-refractivity contribution in [1.82, 2.24) is 20.2 Å². The van der Waals surface area contributed by atoms with E-state index in [0.29, 0.717) is 24.4 Å². The zero-order valence-corrected chi connectivity index (χ0v) is 20.7. The number of para-hydroxylation sites is 1. The van der Waals surface area contributed by atoms with Crippen LogP contribution in [-0.4, -0.2) is 46.2 Å². The van der Waals surface area contributed by atoms with E-state index in [0.717, 1.165) is 66.4 Å². The number of urea groups is 1. The monoisotopic (exact) mass is 491 g/mol. The lowest BCUT2D eigenvalue weighted by atomic mass is 9.71. The first kappa shape index (κ1) is 23.2. The number of fused-ring (bicyclic) bond motifs is 1. The van der Waals surface area contributed by atoms with E-state index in [-0.39, 0.29) is 11.4 Å². The minimum Gasteiger partial charge on any atom is -0.398 e. The molecule has 2 fully saturated rings. The van der Waals surface area contributed by atoms with E-state index < -0.39 is 5.54 Å². The normalized spacial score (nSPS) is 22.5. The highest BCUT2D eigenvalue weighted by Gasteiger charge is 2.48. The van der Waals surface area contributed by atoms with E-state index in [1.807, 2.05) is 35.2 Å². The Hall–Kier alpha value is -4.25. The number of carbonyl (C=O) groups excluding carboxylic acids is 1. The van der Waals surface area contributed by atoms with Gasteiger partial charge in [-0.25, -0.2) is 4.79 Å². The molecule has 8 nitrogen and oxygen atoms in total. The van der Waals surface area contributed by atoms with Crippen LogP contribution in [0.25, 0.3) is 16.6 Å². The Morgan fingerprint density at radius 1 is 1.16 bits per heavy atom. The van der Waals surface area contributed by atoms with Crippen LogP contribution < -0.4 is 11.1 Å². The number of rotatable bonds is 4. The van der Waals surface area contributed by atoms with Gasteiger partial charge in [-0.15, -0.1) is 0 Å². The molecule has 2 aromatic heterocycles. The topological polar surface area (TPSA) is 120 Å². The number of nitrogens with zero attached hydrogens (tertiary/aromatic N) is 5. The maximum absolute atomic E-state index is 13.5. The van der Waals surface area contributed by atoms with Gasteiger partial charge in [-0.2, -0.15) is 5.26 Å². The molecule has 1 unspecified atom stereocenters. The van der Waals surface area contributed by atoms with E-state index in [1.165, 1.54) is 0 Å². The molecule has 1 saturated carbocycles. The number of aliphatic imine (C=N–C) groups is 1. The minimum atomic E-state index is -0.522. The van der Waals surface area contributed by atoms with Gasteiger partial charge in [0.25, 0.3) is 0 Å². The molecule has 1 aromatic carbocycles. The fourth-order valence-corrected chi connectivity index (χ4v) is 5.95. The van der Waals surface area contributed by atoms with E-state index >= 15 is 0 Å². The smallest absolute Gasteiger partial charge is 0.318 e. The number of aromatic nitrogens is 2. The Morgan fingerprint density at radius 2 is 2.03 bits per heavy atom. The highest BCUT2D eigenvalue weighted by molar-refractivity contribution is 6.06. The maximum Gasteiger partial charge on any atom is 0.318 e. The molecular formula is C29H29N7O. The van der Waals surface area contributed by atoms with E-state index in [2.05, 4.69) is 27.4 Å². The van der Waals surface area contributed by atoms with Gasteiger partial charge >= 0.3 is 6.03 Å². The van der Waals surface area contributed by atoms with Gasteiger partial charge in [0.1, 0.15) is 0 Å². The van der Waals surface area contributed by atoms with Crippen molar-refractivity contribution in [1.29, 1.82) is 5.26 Å². The van der Waals surface area contributed by atoms with Gasteiger partial charge < -0.3 is 16.0 Å². The summed E-state index contributed by atoms with van der Waals surface area (Å²) in [4.78, 5) is 28.9. The molecule has 37 heavy (non-hydrogen) atoms. The number of carbonyl (C=O) groups is 1. The molecule has 4 heterocycles. The molecule has 2 amide bonds. The summed E-state index contributed by atoms with van der Waals surface area (Å²) in [6, 6.07) is 13.9. The third kappa shape index (κ3) is 4.01. The fourth-order valence-electron chi connectivity index (χ4n) is 5.95. The number of likely N-dealkylation sites (tertiary alicyclic amines) is 1. The predicted molar refractivity (Wildman–Crippen MR) is 142 cm³/mol. The first-order valence-corrected chi connectivity index (χ1v) is 12.8. The van der Waals surface area contributed by atoms with Gasteiger partial charge in [-0.05, 0) is 56.4 Å². The number of pyridine rings is 2. The van der Waals surface area contributed by atoms with Crippen LogP contribution >= 0.6 is 0 Å². The van der Waals surface area contributed by atoms with Crippen molar-refractivity contribution in [2.24, 2.45) is 16.1 Å². The molecule has 6 rings (SSSR count). The Morgan fingerprint density at radius 3 is 2.84 bits per heavy atom. The number of hydrogen-bond donors (Lipinski definition) is 2. The molecule has 2 aliphatic heterocycles. The summed E-state index contributed by atoms with van der Waals surface area (Å²) in [5.41, 5.74) is 10.6. The number of nitrogens with one attached hydrogen (secondary N) is 1. The molecule has 8 heteroatoms. The fraction of sp³-hybridized carbons (Fsp3) is 0.345. The molecule has 1 spiro atoms. The summed E-state index contributed by atoms with van der Waals surface area (Å²) in [5, 5.41) is 13.9. The van der Waals surface area contributed by atoms with Gasteiger partial charge in [0.15, 0.2) is 0 Å². The number of allylic oxidation sites excluding steroid dienone is 1. The van der Waals surface area contributed by atoms with Crippen LogP contribution in [-0.2, 0) is 5.54 Å². The Kier molecular flexibility index (Phi) is 5.64. The van der Waals surface area contributed by atoms with Gasteiger partial charge in [0.2, 0.25) is 0 Å². The first-order chi connectivity index (χ1) is 18.0. The SMILES string of the molecule is N#Cc1ccncc1C1(NC(=O)N2CCC3(CCN=C3C=C(N)c3cnc4ccccc4c3)C2)CCC1. The molecule has 186 valence electrons. The summed E-state index contributed by atoms with van der Waals surface area (Å²) in [6.07, 6.45) is 11.5. The second-order valence-electron chi connectivity index (χ2n) is 10.4. The number of nitrogens with two attached hydrogens (primary N) is 1. The van der Waals surface area contributed by atoms with Gasteiger partial charge in [0, 0.05) is 71.6 Å². The van der Waals surface area contributed by atoms with Crippen LogP contribution in [0.2, 0.25) is 0 Å². The van der Waals surface area contributed by atoms with Crippen molar-refractivity contribution in [3.63, 3.8) is 0 Å². The van der Waals surface area contributed by atoms with E-state index in [9.17, 15) is 10.1 Å². The lowest BCUT2D eigenvalue weighted by molar-refractivity contribution is 0.153. The Bertz CT molecular complexity index is 1480. The van der Waals surface area contributed by atoms with Crippen molar-refractivity contribution >= 4 is 28.3 Å². The first-order valence-electron chi connectivity index (χ1n) is 12.8. The Balaban J connectivity index is 1.19. The highest BCUT2D eigenvalue weighted by Crippen LogP contribution is 2.44. The van der Waals surface area contributed by atoms with Crippen molar-refractivity contribution in [3.05, 3.63) is 77.8 Å². The molecule has 0 bridgehead atoms. The third-order valence-electron chi connectivity index (χ3n) is 8.28. The number of amides is 2. The molecule has 3 aliphatic rings. The Labute approximate surface area is 215 Å². The number of nitriles is 1. The van der Waals surface area contributed by atoms with Gasteiger partial charge in [-0.3, -0.25) is 15.0 Å². The molecule has 1 aliphatic carbocycles. The van der Waals surface area contributed by atoms with Gasteiger partial charge in [0.05, 0.1) is 22.7 Å².